The summed E-state index contributed by atoms with van der Waals surface area (Å²) in [6.45, 7) is 0.539. The molecule has 0 bridgehead atoms. The highest BCUT2D eigenvalue weighted by Gasteiger charge is 2.27. The highest BCUT2D eigenvalue weighted by atomic mass is 16.5. The summed E-state index contributed by atoms with van der Waals surface area (Å²) in [5.74, 6) is 2.13. The van der Waals surface area contributed by atoms with Crippen molar-refractivity contribution >= 4 is 0 Å². The molecule has 6 nitrogen and oxygen atoms in total. The first kappa shape index (κ1) is 17.1. The van der Waals surface area contributed by atoms with Gasteiger partial charge in [-0.3, -0.25) is 0 Å². The van der Waals surface area contributed by atoms with Gasteiger partial charge in [0, 0.05) is 17.5 Å². The van der Waals surface area contributed by atoms with Crippen LogP contribution in [-0.4, -0.2) is 38.1 Å². The Hall–Kier alpha value is -2.76. The number of phenols is 2. The maximum absolute atomic E-state index is 10.3. The number of aromatic hydroxyl groups is 2. The van der Waals surface area contributed by atoms with E-state index in [-0.39, 0.29) is 17.4 Å². The van der Waals surface area contributed by atoms with Gasteiger partial charge < -0.3 is 29.2 Å². The molecule has 0 aliphatic carbocycles. The Morgan fingerprint density at radius 1 is 1.04 bits per heavy atom. The lowest BCUT2D eigenvalue weighted by Gasteiger charge is -2.27. The van der Waals surface area contributed by atoms with E-state index in [0.29, 0.717) is 36.0 Å². The Kier molecular flexibility index (Phi) is 4.79. The van der Waals surface area contributed by atoms with Crippen molar-refractivity contribution in [1.29, 1.82) is 0 Å². The van der Waals surface area contributed by atoms with Crippen molar-refractivity contribution in [2.45, 2.75) is 12.8 Å². The van der Waals surface area contributed by atoms with Crippen LogP contribution in [0.15, 0.2) is 24.3 Å². The third-order valence-electron chi connectivity index (χ3n) is 4.44. The fourth-order valence-electron chi connectivity index (χ4n) is 3.22. The lowest BCUT2D eigenvalue weighted by atomic mass is 9.90. The van der Waals surface area contributed by atoms with Crippen molar-refractivity contribution in [2.24, 2.45) is 5.92 Å². The van der Waals surface area contributed by atoms with E-state index in [1.165, 1.54) is 21.3 Å². The maximum atomic E-state index is 10.3. The number of benzene rings is 2. The lowest BCUT2D eigenvalue weighted by Crippen LogP contribution is -2.23. The van der Waals surface area contributed by atoms with Crippen LogP contribution in [-0.2, 0) is 12.8 Å². The molecule has 0 spiro atoms. The van der Waals surface area contributed by atoms with Gasteiger partial charge in [-0.1, -0.05) is 6.07 Å². The molecule has 0 saturated carbocycles. The van der Waals surface area contributed by atoms with Crippen LogP contribution in [0.4, 0.5) is 0 Å². The molecule has 1 heterocycles. The molecule has 1 atom stereocenters. The van der Waals surface area contributed by atoms with Gasteiger partial charge in [0.2, 0.25) is 5.75 Å². The van der Waals surface area contributed by atoms with Crippen molar-refractivity contribution in [1.82, 2.24) is 0 Å². The molecular weight excluding hydrogens is 324 g/mol. The summed E-state index contributed by atoms with van der Waals surface area (Å²) in [7, 11) is 4.52. The van der Waals surface area contributed by atoms with Crippen molar-refractivity contribution in [3.05, 3.63) is 35.4 Å². The number of hydrogen-bond donors (Lipinski definition) is 2. The molecule has 0 saturated heterocycles. The molecule has 134 valence electrons. The maximum Gasteiger partial charge on any atom is 0.201 e. The molecule has 2 aromatic rings. The molecule has 1 aliphatic rings. The third kappa shape index (κ3) is 3.24. The van der Waals surface area contributed by atoms with Crippen LogP contribution in [0.1, 0.15) is 11.1 Å². The zero-order valence-corrected chi connectivity index (χ0v) is 14.5. The topological polar surface area (TPSA) is 77.4 Å². The minimum atomic E-state index is -0.0184. The summed E-state index contributed by atoms with van der Waals surface area (Å²) >= 11 is 0. The highest BCUT2D eigenvalue weighted by molar-refractivity contribution is 5.61. The zero-order valence-electron chi connectivity index (χ0n) is 14.5. The monoisotopic (exact) mass is 346 g/mol. The molecular formula is C19H22O6. The molecule has 2 aromatic carbocycles. The fraction of sp³-hybridized carbons (Fsp3) is 0.368. The molecule has 6 heteroatoms. The Morgan fingerprint density at radius 3 is 2.44 bits per heavy atom. The van der Waals surface area contributed by atoms with Crippen molar-refractivity contribution < 1.29 is 29.2 Å². The summed E-state index contributed by atoms with van der Waals surface area (Å²) in [5.41, 5.74) is 1.82. The Labute approximate surface area is 146 Å². The van der Waals surface area contributed by atoms with Crippen molar-refractivity contribution in [2.75, 3.05) is 27.9 Å². The summed E-state index contributed by atoms with van der Waals surface area (Å²) in [4.78, 5) is 0. The van der Waals surface area contributed by atoms with Crippen molar-refractivity contribution in [3.8, 4) is 34.5 Å². The molecule has 25 heavy (non-hydrogen) atoms. The van der Waals surface area contributed by atoms with Crippen LogP contribution in [0.3, 0.4) is 0 Å². The highest BCUT2D eigenvalue weighted by Crippen LogP contribution is 2.47. The fourth-order valence-corrected chi connectivity index (χ4v) is 3.22. The minimum Gasteiger partial charge on any atom is -0.504 e. The van der Waals surface area contributed by atoms with Crippen LogP contribution >= 0.6 is 0 Å². The first-order valence-electron chi connectivity index (χ1n) is 8.02. The number of rotatable bonds is 5. The van der Waals surface area contributed by atoms with E-state index in [1.807, 2.05) is 6.07 Å². The average molecular weight is 346 g/mol. The van der Waals surface area contributed by atoms with Crippen LogP contribution in [0, 0.1) is 5.92 Å². The van der Waals surface area contributed by atoms with Gasteiger partial charge in [0.1, 0.15) is 5.75 Å². The van der Waals surface area contributed by atoms with E-state index in [4.69, 9.17) is 18.9 Å². The van der Waals surface area contributed by atoms with Gasteiger partial charge in [0.25, 0.3) is 0 Å². The average Bonchev–Trinajstić information content (AvgIpc) is 2.61. The SMILES string of the molecule is COc1ccc(CC2COc3cc(OC)c(O)c(OC)c3C2)cc1O. The summed E-state index contributed by atoms with van der Waals surface area (Å²) in [6.07, 6.45) is 1.43. The predicted octanol–water partition coefficient (Wildman–Crippen LogP) is 2.92. The Balaban J connectivity index is 1.83. The summed E-state index contributed by atoms with van der Waals surface area (Å²) < 4.78 is 21.5. The van der Waals surface area contributed by atoms with Gasteiger partial charge in [0.15, 0.2) is 23.0 Å². The second kappa shape index (κ2) is 7.01. The first-order valence-corrected chi connectivity index (χ1v) is 8.02. The second-order valence-electron chi connectivity index (χ2n) is 6.03. The normalized spacial score (nSPS) is 15.9. The van der Waals surface area contributed by atoms with Crippen molar-refractivity contribution in [3.63, 3.8) is 0 Å². The standard InChI is InChI=1S/C19H22O6/c1-22-15-5-4-11(8-14(15)20)6-12-7-13-16(25-10-12)9-17(23-2)18(21)19(13)24-3/h4-5,8-9,12,20-21H,6-7,10H2,1-3H3. The zero-order chi connectivity index (χ0) is 18.0. The van der Waals surface area contributed by atoms with E-state index in [2.05, 4.69) is 0 Å². The quantitative estimate of drug-likeness (QED) is 0.867. The Bertz CT molecular complexity index is 771. The number of phenolic OH excluding ortho intramolecular Hbond substituents is 2. The van der Waals surface area contributed by atoms with Gasteiger partial charge in [0.05, 0.1) is 27.9 Å². The molecule has 0 aromatic heterocycles. The molecule has 0 fully saturated rings. The molecule has 1 unspecified atom stereocenters. The second-order valence-corrected chi connectivity index (χ2v) is 6.03. The predicted molar refractivity (Wildman–Crippen MR) is 92.3 cm³/mol. The smallest absolute Gasteiger partial charge is 0.201 e. The minimum absolute atomic E-state index is 0.0184. The van der Waals surface area contributed by atoms with Gasteiger partial charge in [-0.05, 0) is 30.5 Å². The largest absolute Gasteiger partial charge is 0.504 e. The van der Waals surface area contributed by atoms with E-state index in [0.717, 1.165) is 17.5 Å². The van der Waals surface area contributed by atoms with Crippen LogP contribution < -0.4 is 18.9 Å². The van der Waals surface area contributed by atoms with Crippen LogP contribution in [0.25, 0.3) is 0 Å². The van der Waals surface area contributed by atoms with Gasteiger partial charge in [-0.2, -0.15) is 0 Å². The Morgan fingerprint density at radius 2 is 1.80 bits per heavy atom. The van der Waals surface area contributed by atoms with E-state index in [9.17, 15) is 10.2 Å². The molecule has 3 rings (SSSR count). The van der Waals surface area contributed by atoms with E-state index >= 15 is 0 Å². The number of methoxy groups -OCH3 is 3. The number of hydrogen-bond acceptors (Lipinski definition) is 6. The summed E-state index contributed by atoms with van der Waals surface area (Å²) in [6, 6.07) is 7.07. The van der Waals surface area contributed by atoms with Crippen LogP contribution in [0.5, 0.6) is 34.5 Å². The molecule has 1 aliphatic heterocycles. The number of ether oxygens (including phenoxy) is 4. The van der Waals surface area contributed by atoms with Gasteiger partial charge >= 0.3 is 0 Å². The molecule has 0 radical (unpaired) electrons. The van der Waals surface area contributed by atoms with Gasteiger partial charge in [-0.25, -0.2) is 0 Å². The first-order chi connectivity index (χ1) is 12.1. The lowest BCUT2D eigenvalue weighted by molar-refractivity contribution is 0.214. The van der Waals surface area contributed by atoms with E-state index < -0.39 is 0 Å². The molecule has 0 amide bonds. The third-order valence-corrected chi connectivity index (χ3v) is 4.44. The summed E-state index contributed by atoms with van der Waals surface area (Å²) in [5, 5.41) is 20.2. The van der Waals surface area contributed by atoms with Crippen LogP contribution in [0.2, 0.25) is 0 Å². The van der Waals surface area contributed by atoms with E-state index in [1.54, 1.807) is 18.2 Å². The van der Waals surface area contributed by atoms with Gasteiger partial charge in [-0.15, -0.1) is 0 Å². The number of fused-ring (bicyclic) bond motifs is 1. The molecule has 2 N–H and O–H groups in total.